The fourth-order valence-electron chi connectivity index (χ4n) is 2.73. The third kappa shape index (κ3) is 6.20. The molecule has 0 spiro atoms. The second-order valence-electron chi connectivity index (χ2n) is 7.17. The molecule has 0 amide bonds. The molecule has 1 rings (SSSR count). The molecule has 0 aromatic carbocycles. The van der Waals surface area contributed by atoms with Crippen LogP contribution in [0.2, 0.25) is 0 Å². The zero-order valence-corrected chi connectivity index (χ0v) is 19.3. The molecule has 0 bridgehead atoms. The first-order chi connectivity index (χ1) is 14.4. The number of ketones is 1. The average molecular weight is 547 g/mol. The van der Waals surface area contributed by atoms with Crippen molar-refractivity contribution >= 4 is 38.0 Å². The van der Waals surface area contributed by atoms with Gasteiger partial charge in [0, 0.05) is 29.4 Å². The summed E-state index contributed by atoms with van der Waals surface area (Å²) in [5.74, 6) is -16.4. The zero-order chi connectivity index (χ0) is 25.1. The molecule has 0 aromatic heterocycles. The number of alkyl halides is 9. The van der Waals surface area contributed by atoms with Crippen LogP contribution >= 0.6 is 22.1 Å². The van der Waals surface area contributed by atoms with Gasteiger partial charge in [-0.25, -0.2) is 3.63 Å². The number of Topliss-reactive ketones (excluding diaryl/α,β-unsaturated/α-hetero) is 1. The fraction of sp³-hybridized carbons (Fsp3) is 0.938. The maximum atomic E-state index is 14.0. The maximum absolute atomic E-state index is 14.0. The monoisotopic (exact) mass is 546 g/mol. The molecule has 192 valence electrons. The summed E-state index contributed by atoms with van der Waals surface area (Å²) in [5.41, 5.74) is 0. The number of thioether (sulfide) groups is 1. The van der Waals surface area contributed by atoms with Gasteiger partial charge in [-0.05, 0) is 6.42 Å². The molecule has 0 aliphatic carbocycles. The van der Waals surface area contributed by atoms with Crippen molar-refractivity contribution in [3.63, 3.8) is 0 Å². The van der Waals surface area contributed by atoms with Crippen molar-refractivity contribution < 1.29 is 56.4 Å². The van der Waals surface area contributed by atoms with E-state index in [-0.39, 0.29) is 29.4 Å². The quantitative estimate of drug-likeness (QED) is 0.230. The van der Waals surface area contributed by atoms with E-state index in [4.69, 9.17) is 0 Å². The van der Waals surface area contributed by atoms with Crippen molar-refractivity contribution in [2.75, 3.05) is 28.8 Å². The van der Waals surface area contributed by atoms with Gasteiger partial charge in [-0.3, -0.25) is 4.79 Å². The molecule has 1 aliphatic heterocycles. The molecule has 0 atom stereocenters. The minimum atomic E-state index is -7.36. The highest BCUT2D eigenvalue weighted by Crippen LogP contribution is 2.60. The van der Waals surface area contributed by atoms with Crippen LogP contribution in [0.15, 0.2) is 0 Å². The SMILES string of the molecule is CCCCCCC(=O)CS1(OS(=O)(=O)C(F)(F)C(F)(F)C(F)(F)C(F)(F)F)CCSCC1. The minimum Gasteiger partial charge on any atom is -0.299 e. The van der Waals surface area contributed by atoms with Crippen LogP contribution in [0.3, 0.4) is 0 Å². The van der Waals surface area contributed by atoms with E-state index in [1.807, 2.05) is 6.92 Å². The van der Waals surface area contributed by atoms with Gasteiger partial charge in [0.1, 0.15) is 5.78 Å². The Hall–Kier alpha value is -0.350. The van der Waals surface area contributed by atoms with Crippen LogP contribution in [0.25, 0.3) is 0 Å². The van der Waals surface area contributed by atoms with Crippen LogP contribution in [0.5, 0.6) is 0 Å². The van der Waals surface area contributed by atoms with Crippen molar-refractivity contribution in [1.29, 1.82) is 0 Å². The van der Waals surface area contributed by atoms with Gasteiger partial charge >= 0.3 is 33.4 Å². The lowest BCUT2D eigenvalue weighted by atomic mass is 10.1. The van der Waals surface area contributed by atoms with Crippen LogP contribution in [0.1, 0.15) is 39.0 Å². The van der Waals surface area contributed by atoms with Gasteiger partial charge in [-0.2, -0.15) is 59.7 Å². The molecule has 1 heterocycles. The van der Waals surface area contributed by atoms with E-state index in [2.05, 4.69) is 3.63 Å². The summed E-state index contributed by atoms with van der Waals surface area (Å²) in [4.78, 5) is 12.2. The summed E-state index contributed by atoms with van der Waals surface area (Å²) >= 11 is 1.23. The maximum Gasteiger partial charge on any atom is 0.460 e. The molecule has 0 radical (unpaired) electrons. The Morgan fingerprint density at radius 2 is 1.44 bits per heavy atom. The van der Waals surface area contributed by atoms with E-state index in [0.717, 1.165) is 12.8 Å². The lowest BCUT2D eigenvalue weighted by molar-refractivity contribution is -0.382. The molecule has 32 heavy (non-hydrogen) atoms. The van der Waals surface area contributed by atoms with E-state index in [1.54, 1.807) is 0 Å². The summed E-state index contributed by atoms with van der Waals surface area (Å²) in [6.07, 6.45) is -4.54. The molecular formula is C16H23F9O4S3. The van der Waals surface area contributed by atoms with Gasteiger partial charge in [0.25, 0.3) is 0 Å². The Kier molecular flexibility index (Phi) is 9.74. The molecule has 0 aromatic rings. The molecule has 1 saturated heterocycles. The lowest BCUT2D eigenvalue weighted by Gasteiger charge is -2.42. The molecular weight excluding hydrogens is 523 g/mol. The molecule has 0 unspecified atom stereocenters. The van der Waals surface area contributed by atoms with Crippen LogP contribution in [0.4, 0.5) is 39.5 Å². The summed E-state index contributed by atoms with van der Waals surface area (Å²) in [6, 6.07) is 0. The van der Waals surface area contributed by atoms with E-state index in [1.165, 1.54) is 11.8 Å². The molecule has 1 fully saturated rings. The third-order valence-corrected chi connectivity index (χ3v) is 11.6. The van der Waals surface area contributed by atoms with Gasteiger partial charge in [0.05, 0.1) is 5.75 Å². The number of hydrogen-bond donors (Lipinski definition) is 0. The topological polar surface area (TPSA) is 60.4 Å². The van der Waals surface area contributed by atoms with E-state index in [0.29, 0.717) is 12.8 Å². The van der Waals surface area contributed by atoms with Crippen molar-refractivity contribution in [2.24, 2.45) is 0 Å². The summed E-state index contributed by atoms with van der Waals surface area (Å²) in [5, 5.41) is -6.91. The first kappa shape index (κ1) is 29.7. The van der Waals surface area contributed by atoms with Crippen LogP contribution in [0, 0.1) is 0 Å². The second-order valence-corrected chi connectivity index (χ2v) is 13.4. The molecule has 0 N–H and O–H groups in total. The first-order valence-electron chi connectivity index (χ1n) is 9.38. The minimum absolute atomic E-state index is 0.0655. The van der Waals surface area contributed by atoms with Gasteiger partial charge in [-0.15, -0.1) is 10.3 Å². The van der Waals surface area contributed by atoms with Crippen molar-refractivity contribution in [3.05, 3.63) is 0 Å². The van der Waals surface area contributed by atoms with E-state index >= 15 is 0 Å². The van der Waals surface area contributed by atoms with E-state index < -0.39 is 55.2 Å². The number of carbonyl (C=O) groups is 1. The normalized spacial score (nSPS) is 19.6. The highest BCUT2D eigenvalue weighted by Gasteiger charge is 2.86. The Balaban J connectivity index is 3.19. The number of hydrogen-bond acceptors (Lipinski definition) is 5. The van der Waals surface area contributed by atoms with Crippen LogP contribution in [-0.4, -0.2) is 66.2 Å². The van der Waals surface area contributed by atoms with Crippen molar-refractivity contribution in [1.82, 2.24) is 0 Å². The van der Waals surface area contributed by atoms with Gasteiger partial charge in [0.15, 0.2) is 0 Å². The molecule has 16 heteroatoms. The number of halogens is 9. The highest BCUT2D eigenvalue weighted by molar-refractivity contribution is 8.34. The van der Waals surface area contributed by atoms with Gasteiger partial charge in [-0.1, -0.05) is 26.2 Å². The van der Waals surface area contributed by atoms with Crippen molar-refractivity contribution in [2.45, 2.75) is 62.3 Å². The smallest absolute Gasteiger partial charge is 0.299 e. The summed E-state index contributed by atoms with van der Waals surface area (Å²) in [6.45, 7) is 1.90. The van der Waals surface area contributed by atoms with Crippen LogP contribution < -0.4 is 0 Å². The highest BCUT2D eigenvalue weighted by atomic mass is 32.3. The third-order valence-electron chi connectivity index (χ3n) is 4.60. The Labute approximate surface area is 185 Å². The van der Waals surface area contributed by atoms with Gasteiger partial charge in [0.2, 0.25) is 0 Å². The largest absolute Gasteiger partial charge is 0.460 e. The number of rotatable bonds is 12. The fourth-order valence-corrected chi connectivity index (χ4v) is 10.6. The number of unbranched alkanes of at least 4 members (excludes halogenated alkanes) is 3. The molecule has 4 nitrogen and oxygen atoms in total. The predicted octanol–water partition coefficient (Wildman–Crippen LogP) is 5.76. The second kappa shape index (κ2) is 10.5. The van der Waals surface area contributed by atoms with Gasteiger partial charge < -0.3 is 0 Å². The summed E-state index contributed by atoms with van der Waals surface area (Å²) in [7, 11) is -10.3. The molecule has 0 saturated carbocycles. The molecule has 1 aliphatic rings. The van der Waals surface area contributed by atoms with Crippen LogP contribution in [-0.2, 0) is 18.5 Å². The first-order valence-corrected chi connectivity index (χ1v) is 14.0. The lowest BCUT2D eigenvalue weighted by Crippen LogP contribution is -2.63. The number of carbonyl (C=O) groups excluding carboxylic acids is 1. The van der Waals surface area contributed by atoms with Crippen molar-refractivity contribution in [3.8, 4) is 0 Å². The standard InChI is InChI=1S/C16H23F9O4S3/c1-2-3-4-5-6-12(26)11-31(9-7-30-8-10-31)29-32(27,28)16(24,25)14(19,20)13(17,18)15(21,22)23/h2-11H2,1H3. The average Bonchev–Trinajstić information content (AvgIpc) is 2.64. The van der Waals surface area contributed by atoms with E-state index in [9.17, 15) is 52.7 Å². The zero-order valence-electron chi connectivity index (χ0n) is 16.8. The summed E-state index contributed by atoms with van der Waals surface area (Å²) < 4.78 is 147. The Bertz CT molecular complexity index is 748. The predicted molar refractivity (Wildman–Crippen MR) is 104 cm³/mol. The Morgan fingerprint density at radius 3 is 1.91 bits per heavy atom. The Morgan fingerprint density at radius 1 is 0.906 bits per heavy atom.